The predicted octanol–water partition coefficient (Wildman–Crippen LogP) is 3.24. The van der Waals surface area contributed by atoms with Crippen LogP contribution in [0.4, 0.5) is 0 Å². The summed E-state index contributed by atoms with van der Waals surface area (Å²) in [4.78, 5) is 16.7. The number of hydrogen-bond acceptors (Lipinski definition) is 6. The molecule has 1 atom stereocenters. The van der Waals surface area contributed by atoms with Crippen LogP contribution in [0.1, 0.15) is 23.7 Å². The smallest absolute Gasteiger partial charge is 0.277 e. The van der Waals surface area contributed by atoms with Gasteiger partial charge in [-0.05, 0) is 42.3 Å². The van der Waals surface area contributed by atoms with Gasteiger partial charge >= 0.3 is 0 Å². The summed E-state index contributed by atoms with van der Waals surface area (Å²) >= 11 is 1.26. The van der Waals surface area contributed by atoms with Crippen LogP contribution in [0.3, 0.4) is 0 Å². The van der Waals surface area contributed by atoms with Crippen LogP contribution in [0.5, 0.6) is 0 Å². The standard InChI is InChI=1S/C18H16N4O2S/c23-16(20-14-8-9-14)15(12-5-2-1-3-6-12)25-18-22-21-17(24-18)13-7-4-10-19-11-13/h1-7,10-11,14-15H,8-9H2,(H,20,23)/t15-/m0/s1. The lowest BCUT2D eigenvalue weighted by Crippen LogP contribution is -2.29. The van der Waals surface area contributed by atoms with Crippen molar-refractivity contribution in [2.24, 2.45) is 0 Å². The average molecular weight is 352 g/mol. The lowest BCUT2D eigenvalue weighted by molar-refractivity contribution is -0.120. The maximum atomic E-state index is 12.6. The lowest BCUT2D eigenvalue weighted by atomic mass is 10.1. The van der Waals surface area contributed by atoms with Crippen molar-refractivity contribution in [3.8, 4) is 11.5 Å². The molecule has 126 valence electrons. The molecule has 0 bridgehead atoms. The molecule has 1 saturated carbocycles. The minimum Gasteiger partial charge on any atom is -0.411 e. The Morgan fingerprint density at radius 1 is 1.16 bits per heavy atom. The summed E-state index contributed by atoms with van der Waals surface area (Å²) in [5.74, 6) is 0.366. The van der Waals surface area contributed by atoms with Gasteiger partial charge in [0.05, 0.1) is 5.56 Å². The van der Waals surface area contributed by atoms with E-state index < -0.39 is 5.25 Å². The van der Waals surface area contributed by atoms with Crippen molar-refractivity contribution in [3.05, 3.63) is 60.4 Å². The number of benzene rings is 1. The molecule has 2 aromatic heterocycles. The van der Waals surface area contributed by atoms with E-state index >= 15 is 0 Å². The number of thioether (sulfide) groups is 1. The third kappa shape index (κ3) is 3.88. The van der Waals surface area contributed by atoms with Crippen LogP contribution in [0.25, 0.3) is 11.5 Å². The van der Waals surface area contributed by atoms with E-state index in [-0.39, 0.29) is 5.91 Å². The van der Waals surface area contributed by atoms with Gasteiger partial charge in [0.2, 0.25) is 11.8 Å². The van der Waals surface area contributed by atoms with Gasteiger partial charge in [0.1, 0.15) is 5.25 Å². The van der Waals surface area contributed by atoms with Crippen molar-refractivity contribution >= 4 is 17.7 Å². The Morgan fingerprint density at radius 3 is 2.72 bits per heavy atom. The number of pyridine rings is 1. The van der Waals surface area contributed by atoms with E-state index in [4.69, 9.17) is 4.42 Å². The van der Waals surface area contributed by atoms with Crippen LogP contribution in [0, 0.1) is 0 Å². The second-order valence-electron chi connectivity index (χ2n) is 5.81. The summed E-state index contributed by atoms with van der Waals surface area (Å²) in [6.45, 7) is 0. The zero-order valence-electron chi connectivity index (χ0n) is 13.3. The molecule has 7 heteroatoms. The molecule has 0 unspecified atom stereocenters. The Morgan fingerprint density at radius 2 is 2.00 bits per heavy atom. The number of aromatic nitrogens is 3. The zero-order valence-corrected chi connectivity index (χ0v) is 14.1. The molecule has 1 aliphatic carbocycles. The van der Waals surface area contributed by atoms with Crippen molar-refractivity contribution in [3.63, 3.8) is 0 Å². The minimum absolute atomic E-state index is 0.0279. The number of carbonyl (C=O) groups is 1. The van der Waals surface area contributed by atoms with Crippen molar-refractivity contribution < 1.29 is 9.21 Å². The first-order valence-corrected chi connectivity index (χ1v) is 8.93. The van der Waals surface area contributed by atoms with Crippen LogP contribution >= 0.6 is 11.8 Å². The Kier molecular flexibility index (Phi) is 4.47. The Hall–Kier alpha value is -2.67. The molecule has 4 rings (SSSR count). The van der Waals surface area contributed by atoms with Crippen molar-refractivity contribution in [1.29, 1.82) is 0 Å². The molecular formula is C18H16N4O2S. The van der Waals surface area contributed by atoms with Gasteiger partial charge in [-0.3, -0.25) is 9.78 Å². The van der Waals surface area contributed by atoms with E-state index in [9.17, 15) is 4.79 Å². The molecule has 3 aromatic rings. The fourth-order valence-corrected chi connectivity index (χ4v) is 3.25. The molecule has 1 amide bonds. The quantitative estimate of drug-likeness (QED) is 0.686. The summed E-state index contributed by atoms with van der Waals surface area (Å²) < 4.78 is 5.71. The van der Waals surface area contributed by atoms with Crippen LogP contribution in [-0.4, -0.2) is 27.1 Å². The van der Waals surface area contributed by atoms with Gasteiger partial charge in [0, 0.05) is 18.4 Å². The summed E-state index contributed by atoms with van der Waals surface area (Å²) in [6.07, 6.45) is 5.44. The van der Waals surface area contributed by atoms with E-state index in [1.807, 2.05) is 42.5 Å². The highest BCUT2D eigenvalue weighted by molar-refractivity contribution is 8.00. The number of nitrogens with zero attached hydrogens (tertiary/aromatic N) is 3. The molecule has 1 aliphatic rings. The minimum atomic E-state index is -0.427. The fraction of sp³-hybridized carbons (Fsp3) is 0.222. The third-order valence-electron chi connectivity index (χ3n) is 3.80. The molecule has 0 radical (unpaired) electrons. The highest BCUT2D eigenvalue weighted by Gasteiger charge is 2.30. The van der Waals surface area contributed by atoms with E-state index in [0.29, 0.717) is 17.2 Å². The van der Waals surface area contributed by atoms with E-state index in [2.05, 4.69) is 20.5 Å². The third-order valence-corrected chi connectivity index (χ3v) is 4.89. The van der Waals surface area contributed by atoms with Crippen LogP contribution in [0.2, 0.25) is 0 Å². The maximum absolute atomic E-state index is 12.6. The van der Waals surface area contributed by atoms with Crippen LogP contribution in [0.15, 0.2) is 64.5 Å². The van der Waals surface area contributed by atoms with Gasteiger partial charge in [-0.15, -0.1) is 10.2 Å². The molecule has 25 heavy (non-hydrogen) atoms. The van der Waals surface area contributed by atoms with E-state index in [1.54, 1.807) is 12.4 Å². The van der Waals surface area contributed by atoms with Gasteiger partial charge in [-0.2, -0.15) is 0 Å². The molecule has 1 N–H and O–H groups in total. The van der Waals surface area contributed by atoms with Gasteiger partial charge in [-0.1, -0.05) is 30.3 Å². The van der Waals surface area contributed by atoms with Crippen LogP contribution < -0.4 is 5.32 Å². The monoisotopic (exact) mass is 352 g/mol. The largest absolute Gasteiger partial charge is 0.411 e. The van der Waals surface area contributed by atoms with E-state index in [0.717, 1.165) is 24.0 Å². The lowest BCUT2D eigenvalue weighted by Gasteiger charge is -2.14. The van der Waals surface area contributed by atoms with Crippen molar-refractivity contribution in [2.75, 3.05) is 0 Å². The maximum Gasteiger partial charge on any atom is 0.277 e. The number of rotatable bonds is 6. The van der Waals surface area contributed by atoms with E-state index in [1.165, 1.54) is 11.8 Å². The number of carbonyl (C=O) groups excluding carboxylic acids is 1. The molecular weight excluding hydrogens is 336 g/mol. The van der Waals surface area contributed by atoms with Gasteiger partial charge in [-0.25, -0.2) is 0 Å². The summed E-state index contributed by atoms with van der Waals surface area (Å²) in [5.41, 5.74) is 1.66. The highest BCUT2D eigenvalue weighted by atomic mass is 32.2. The predicted molar refractivity (Wildman–Crippen MR) is 93.7 cm³/mol. The summed E-state index contributed by atoms with van der Waals surface area (Å²) in [6, 6.07) is 13.6. The van der Waals surface area contributed by atoms with Crippen molar-refractivity contribution in [2.45, 2.75) is 29.4 Å². The SMILES string of the molecule is O=C(NC1CC1)[C@@H](Sc1nnc(-c2cccnc2)o1)c1ccccc1. The first kappa shape index (κ1) is 15.8. The Labute approximate surface area is 149 Å². The molecule has 0 saturated heterocycles. The second kappa shape index (κ2) is 7.06. The van der Waals surface area contributed by atoms with Gasteiger partial charge in [0.15, 0.2) is 0 Å². The van der Waals surface area contributed by atoms with Gasteiger partial charge in [0.25, 0.3) is 5.22 Å². The highest BCUT2D eigenvalue weighted by Crippen LogP contribution is 2.36. The molecule has 2 heterocycles. The second-order valence-corrected chi connectivity index (χ2v) is 6.86. The van der Waals surface area contributed by atoms with Crippen molar-refractivity contribution in [1.82, 2.24) is 20.5 Å². The molecule has 1 fully saturated rings. The fourth-order valence-electron chi connectivity index (χ4n) is 2.37. The summed E-state index contributed by atoms with van der Waals surface area (Å²) in [5, 5.41) is 11.1. The first-order valence-electron chi connectivity index (χ1n) is 8.05. The molecule has 0 spiro atoms. The summed E-state index contributed by atoms with van der Waals surface area (Å²) in [7, 11) is 0. The number of amides is 1. The van der Waals surface area contributed by atoms with Gasteiger partial charge < -0.3 is 9.73 Å². The molecule has 1 aromatic carbocycles. The molecule has 6 nitrogen and oxygen atoms in total. The topological polar surface area (TPSA) is 80.9 Å². The average Bonchev–Trinajstić information content (AvgIpc) is 3.35. The zero-order chi connectivity index (χ0) is 17.1. The number of hydrogen-bond donors (Lipinski definition) is 1. The Balaban J connectivity index is 1.56. The number of nitrogens with one attached hydrogen (secondary N) is 1. The Bertz CT molecular complexity index is 850. The van der Waals surface area contributed by atoms with Crippen LogP contribution in [-0.2, 0) is 4.79 Å². The first-order chi connectivity index (χ1) is 12.3. The normalized spacial score (nSPS) is 14.9. The molecule has 0 aliphatic heterocycles.